The van der Waals surface area contributed by atoms with Crippen molar-refractivity contribution in [3.05, 3.63) is 47.9 Å². The Hall–Kier alpha value is -3.11. The summed E-state index contributed by atoms with van der Waals surface area (Å²) >= 11 is 0. The third-order valence-corrected chi connectivity index (χ3v) is 3.56. The second-order valence-electron chi connectivity index (χ2n) is 5.39. The van der Waals surface area contributed by atoms with E-state index in [-0.39, 0.29) is 17.8 Å². The van der Waals surface area contributed by atoms with Gasteiger partial charge in [0.1, 0.15) is 12.1 Å². The summed E-state index contributed by atoms with van der Waals surface area (Å²) in [6.07, 6.45) is -7.44. The van der Waals surface area contributed by atoms with E-state index in [0.29, 0.717) is 23.0 Å². The predicted octanol–water partition coefficient (Wildman–Crippen LogP) is 4.81. The van der Waals surface area contributed by atoms with Crippen LogP contribution in [0.4, 0.5) is 37.8 Å². The first-order valence-corrected chi connectivity index (χ1v) is 7.29. The van der Waals surface area contributed by atoms with Crippen molar-refractivity contribution in [1.82, 2.24) is 15.0 Å². The van der Waals surface area contributed by atoms with E-state index in [1.54, 1.807) is 0 Å². The number of hydrogen-bond acceptors (Lipinski definition) is 5. The van der Waals surface area contributed by atoms with Gasteiger partial charge in [-0.1, -0.05) is 0 Å². The third-order valence-electron chi connectivity index (χ3n) is 3.56. The van der Waals surface area contributed by atoms with Gasteiger partial charge in [-0.2, -0.15) is 26.3 Å². The molecule has 0 saturated carbocycles. The van der Waals surface area contributed by atoms with Crippen molar-refractivity contribution in [2.45, 2.75) is 12.4 Å². The number of alkyl halides is 6. The minimum Gasteiger partial charge on any atom is -0.481 e. The zero-order chi connectivity index (χ0) is 19.8. The summed E-state index contributed by atoms with van der Waals surface area (Å²) < 4.78 is 82.8. The lowest BCUT2D eigenvalue weighted by Crippen LogP contribution is -2.11. The maximum atomic E-state index is 13.0. The molecule has 1 aromatic carbocycles. The molecular weight excluding hydrogens is 378 g/mol. The van der Waals surface area contributed by atoms with E-state index < -0.39 is 29.2 Å². The number of rotatable bonds is 3. The number of halogens is 6. The molecule has 5 nitrogen and oxygen atoms in total. The summed E-state index contributed by atoms with van der Waals surface area (Å²) in [5.41, 5.74) is -2.96. The average molecular weight is 388 g/mol. The molecule has 142 valence electrons. The fourth-order valence-electron chi connectivity index (χ4n) is 2.31. The molecule has 2 aromatic heterocycles. The lowest BCUT2D eigenvalue weighted by Gasteiger charge is -2.15. The van der Waals surface area contributed by atoms with Crippen molar-refractivity contribution in [2.75, 3.05) is 12.4 Å². The normalized spacial score (nSPS) is 12.3. The number of benzene rings is 1. The predicted molar refractivity (Wildman–Crippen MR) is 83.6 cm³/mol. The Labute approximate surface area is 148 Å². The van der Waals surface area contributed by atoms with Crippen LogP contribution < -0.4 is 10.1 Å². The second kappa shape index (κ2) is 6.56. The first-order chi connectivity index (χ1) is 12.6. The largest absolute Gasteiger partial charge is 0.481 e. The molecule has 1 N–H and O–H groups in total. The highest BCUT2D eigenvalue weighted by atomic mass is 19.4. The summed E-state index contributed by atoms with van der Waals surface area (Å²) in [6, 6.07) is 2.61. The van der Waals surface area contributed by atoms with Crippen LogP contribution in [0.15, 0.2) is 36.8 Å². The van der Waals surface area contributed by atoms with Gasteiger partial charge in [0, 0.05) is 17.1 Å². The van der Waals surface area contributed by atoms with Gasteiger partial charge in [0.25, 0.3) is 0 Å². The Morgan fingerprint density at radius 2 is 1.48 bits per heavy atom. The van der Waals surface area contributed by atoms with E-state index >= 15 is 0 Å². The van der Waals surface area contributed by atoms with Crippen molar-refractivity contribution in [3.8, 4) is 5.88 Å². The monoisotopic (exact) mass is 388 g/mol. The SMILES string of the molecule is COc1cc2c(Nc3cc(C(F)(F)F)cc(C(F)(F)F)c3)ncnc2cn1. The van der Waals surface area contributed by atoms with E-state index in [1.807, 2.05) is 0 Å². The maximum absolute atomic E-state index is 13.0. The number of fused-ring (bicyclic) bond motifs is 1. The summed E-state index contributed by atoms with van der Waals surface area (Å²) in [7, 11) is 1.35. The van der Waals surface area contributed by atoms with Crippen LogP contribution in [0.3, 0.4) is 0 Å². The zero-order valence-corrected chi connectivity index (χ0v) is 13.5. The molecule has 27 heavy (non-hydrogen) atoms. The maximum Gasteiger partial charge on any atom is 0.416 e. The molecule has 11 heteroatoms. The van der Waals surface area contributed by atoms with Crippen molar-refractivity contribution < 1.29 is 31.1 Å². The first kappa shape index (κ1) is 18.7. The van der Waals surface area contributed by atoms with E-state index in [1.165, 1.54) is 19.4 Å². The van der Waals surface area contributed by atoms with Gasteiger partial charge in [0.15, 0.2) is 0 Å². The zero-order valence-electron chi connectivity index (χ0n) is 13.5. The number of pyridine rings is 1. The van der Waals surface area contributed by atoms with Gasteiger partial charge in [0.2, 0.25) is 5.88 Å². The second-order valence-corrected chi connectivity index (χ2v) is 5.39. The molecule has 3 aromatic rings. The highest BCUT2D eigenvalue weighted by molar-refractivity contribution is 5.90. The topological polar surface area (TPSA) is 59.9 Å². The number of anilines is 2. The van der Waals surface area contributed by atoms with Gasteiger partial charge < -0.3 is 10.1 Å². The molecule has 0 bridgehead atoms. The molecule has 0 aliphatic carbocycles. The van der Waals surface area contributed by atoms with Gasteiger partial charge in [-0.05, 0) is 18.2 Å². The molecule has 0 fully saturated rings. The van der Waals surface area contributed by atoms with Gasteiger partial charge in [0.05, 0.1) is 30.0 Å². The van der Waals surface area contributed by atoms with Crippen LogP contribution >= 0.6 is 0 Å². The number of ether oxygens (including phenoxy) is 1. The van der Waals surface area contributed by atoms with Crippen molar-refractivity contribution in [2.24, 2.45) is 0 Å². The Bertz CT molecular complexity index is 955. The molecule has 0 aliphatic heterocycles. The summed E-state index contributed by atoms with van der Waals surface area (Å²) in [6.45, 7) is 0. The third kappa shape index (κ3) is 4.01. The van der Waals surface area contributed by atoms with E-state index in [9.17, 15) is 26.3 Å². The number of nitrogens with one attached hydrogen (secondary N) is 1. The minimum atomic E-state index is -4.95. The van der Waals surface area contributed by atoms with Crippen molar-refractivity contribution >= 4 is 22.4 Å². The number of nitrogens with zero attached hydrogens (tertiary/aromatic N) is 3. The van der Waals surface area contributed by atoms with Gasteiger partial charge in [-0.15, -0.1) is 0 Å². The fourth-order valence-corrected chi connectivity index (χ4v) is 2.31. The van der Waals surface area contributed by atoms with Gasteiger partial charge >= 0.3 is 12.4 Å². The Balaban J connectivity index is 2.11. The Morgan fingerprint density at radius 1 is 0.852 bits per heavy atom. The van der Waals surface area contributed by atoms with E-state index in [0.717, 1.165) is 6.33 Å². The molecule has 0 saturated heterocycles. The van der Waals surface area contributed by atoms with Crippen LogP contribution in [0.5, 0.6) is 5.88 Å². The van der Waals surface area contributed by atoms with E-state index in [4.69, 9.17) is 4.74 Å². The molecular formula is C16H10F6N4O. The van der Waals surface area contributed by atoms with Crippen LogP contribution in [0.1, 0.15) is 11.1 Å². The van der Waals surface area contributed by atoms with Crippen LogP contribution in [-0.4, -0.2) is 22.1 Å². The van der Waals surface area contributed by atoms with Crippen LogP contribution in [0, 0.1) is 0 Å². The molecule has 3 rings (SSSR count). The van der Waals surface area contributed by atoms with Crippen molar-refractivity contribution in [3.63, 3.8) is 0 Å². The molecule has 2 heterocycles. The summed E-state index contributed by atoms with van der Waals surface area (Å²) in [5, 5.41) is 2.80. The van der Waals surface area contributed by atoms with Crippen LogP contribution in [0.25, 0.3) is 10.9 Å². The fraction of sp³-hybridized carbons (Fsp3) is 0.188. The van der Waals surface area contributed by atoms with Crippen LogP contribution in [0.2, 0.25) is 0 Å². The molecule has 0 atom stereocenters. The Morgan fingerprint density at radius 3 is 2.04 bits per heavy atom. The molecule has 0 unspecified atom stereocenters. The number of aromatic nitrogens is 3. The van der Waals surface area contributed by atoms with Gasteiger partial charge in [-0.3, -0.25) is 0 Å². The lowest BCUT2D eigenvalue weighted by molar-refractivity contribution is -0.143. The van der Waals surface area contributed by atoms with Crippen LogP contribution in [-0.2, 0) is 12.4 Å². The molecule has 0 spiro atoms. The molecule has 0 radical (unpaired) electrons. The Kier molecular flexibility index (Phi) is 4.54. The van der Waals surface area contributed by atoms with Gasteiger partial charge in [-0.25, -0.2) is 15.0 Å². The highest BCUT2D eigenvalue weighted by Crippen LogP contribution is 2.38. The minimum absolute atomic E-state index is 0.00755. The highest BCUT2D eigenvalue weighted by Gasteiger charge is 2.37. The van der Waals surface area contributed by atoms with E-state index in [2.05, 4.69) is 20.3 Å². The number of hydrogen-bond donors (Lipinski definition) is 1. The lowest BCUT2D eigenvalue weighted by atomic mass is 10.1. The first-order valence-electron chi connectivity index (χ1n) is 7.29. The quantitative estimate of drug-likeness (QED) is 0.653. The number of methoxy groups -OCH3 is 1. The molecule has 0 amide bonds. The van der Waals surface area contributed by atoms with Crippen molar-refractivity contribution in [1.29, 1.82) is 0 Å². The standard InChI is InChI=1S/C16H10F6N4O/c1-27-13-5-11-12(6-23-13)24-7-25-14(11)26-10-3-8(15(17,18)19)2-9(4-10)16(20,21)22/h2-7H,1H3,(H,24,25,26). The molecule has 0 aliphatic rings. The summed E-state index contributed by atoms with van der Waals surface area (Å²) in [5.74, 6) is 0.188. The smallest absolute Gasteiger partial charge is 0.416 e. The summed E-state index contributed by atoms with van der Waals surface area (Å²) in [4.78, 5) is 11.8. The average Bonchev–Trinajstić information content (AvgIpc) is 2.60.